The number of furan rings is 1. The summed E-state index contributed by atoms with van der Waals surface area (Å²) in [4.78, 5) is 14.5. The fraction of sp³-hybridized carbons (Fsp3) is 0.163. The number of hydrogen-bond donors (Lipinski definition) is 0. The predicted octanol–water partition coefficient (Wildman–Crippen LogP) is 12.9. The summed E-state index contributed by atoms with van der Waals surface area (Å²) in [6.07, 6.45) is 1.30. The number of hydrogen-bond acceptors (Lipinski definition) is 4. The maximum Gasteiger partial charge on any atom is 0.156 e. The van der Waals surface area contributed by atoms with Gasteiger partial charge < -0.3 is 14.0 Å². The van der Waals surface area contributed by atoms with Crippen molar-refractivity contribution in [3.05, 3.63) is 168 Å². The van der Waals surface area contributed by atoms with Crippen LogP contribution in [0.25, 0.3) is 72.7 Å². The van der Waals surface area contributed by atoms with Crippen LogP contribution in [0.4, 0.5) is 0 Å². The summed E-state index contributed by atoms with van der Waals surface area (Å²) >= 11 is 0. The average molecular weight is 901 g/mol. The van der Waals surface area contributed by atoms with E-state index in [2.05, 4.69) is 104 Å². The Kier molecular flexibility index (Phi) is 8.89. The van der Waals surface area contributed by atoms with Crippen molar-refractivity contribution >= 4 is 33.1 Å². The van der Waals surface area contributed by atoms with E-state index in [0.717, 1.165) is 61.4 Å². The number of aromatic nitrogens is 4. The minimum Gasteiger partial charge on any atom is -0.501 e. The van der Waals surface area contributed by atoms with Crippen LogP contribution in [0.1, 0.15) is 70.0 Å². The fourth-order valence-corrected chi connectivity index (χ4v) is 6.87. The molecule has 6 heteroatoms. The summed E-state index contributed by atoms with van der Waals surface area (Å²) in [5.41, 5.74) is 11.3. The van der Waals surface area contributed by atoms with E-state index in [9.17, 15) is 0 Å². The number of nitrogens with zero attached hydrogens (tertiary/aromatic N) is 4. The molecule has 0 aliphatic carbocycles. The van der Waals surface area contributed by atoms with Crippen molar-refractivity contribution < 1.29 is 32.7 Å². The van der Waals surface area contributed by atoms with Gasteiger partial charge in [0.05, 0.1) is 22.6 Å². The Morgan fingerprint density at radius 3 is 2.09 bits per heavy atom. The number of aryl methyl sites for hydroxylation is 2. The molecule has 0 fully saturated rings. The number of fused-ring (bicyclic) bond motifs is 4. The number of rotatable bonds is 6. The van der Waals surface area contributed by atoms with Crippen molar-refractivity contribution in [3.8, 4) is 39.6 Å². The van der Waals surface area contributed by atoms with Gasteiger partial charge in [-0.15, -0.1) is 53.6 Å². The first-order valence-corrected chi connectivity index (χ1v) is 18.1. The summed E-state index contributed by atoms with van der Waals surface area (Å²) in [5, 5.41) is 2.15. The maximum atomic E-state index is 7.28. The molecule has 9 aromatic rings. The van der Waals surface area contributed by atoms with Crippen LogP contribution in [0.2, 0.25) is 0 Å². The molecule has 0 saturated carbocycles. The smallest absolute Gasteiger partial charge is 0.156 e. The van der Waals surface area contributed by atoms with Gasteiger partial charge in [0.2, 0.25) is 0 Å². The van der Waals surface area contributed by atoms with Crippen molar-refractivity contribution in [2.75, 3.05) is 0 Å². The molecular weight excluding hydrogens is 853 g/mol. The van der Waals surface area contributed by atoms with E-state index in [4.69, 9.17) is 22.6 Å². The molecule has 5 aromatic carbocycles. The molecule has 9 rings (SSSR count). The van der Waals surface area contributed by atoms with Crippen molar-refractivity contribution in [2.24, 2.45) is 0 Å². The zero-order chi connectivity index (χ0) is 42.3. The van der Waals surface area contributed by atoms with Crippen LogP contribution in [0.3, 0.4) is 0 Å². The Morgan fingerprint density at radius 1 is 0.673 bits per heavy atom. The van der Waals surface area contributed by atoms with Gasteiger partial charge in [-0.25, -0.2) is 4.98 Å². The van der Waals surface area contributed by atoms with E-state index in [1.807, 2.05) is 42.5 Å². The minimum absolute atomic E-state index is 0. The van der Waals surface area contributed by atoms with Crippen LogP contribution in [0.5, 0.6) is 0 Å². The number of benzene rings is 5. The van der Waals surface area contributed by atoms with Gasteiger partial charge in [-0.3, -0.25) is 4.98 Å². The fourth-order valence-electron chi connectivity index (χ4n) is 6.87. The zero-order valence-electron chi connectivity index (χ0n) is 36.9. The molecular formula is C49H42IrN4O-2. The van der Waals surface area contributed by atoms with Crippen molar-refractivity contribution in [1.82, 2.24) is 19.5 Å². The quantitative estimate of drug-likeness (QED) is 0.156. The second kappa shape index (κ2) is 16.0. The SMILES string of the molecule is CC(C)c1cccc(C(C)C)c1-n1c(-c2[c-]ccc3c2oc2ccccc23)nc2ccc(-c3ccccc3)nc21.[2H]C([2H])([2H])c1c[c-]c(-c2ccc(C([2H])([2H])[2H])cn2)cc1.[Ir]. The first kappa shape index (κ1) is 30.6. The molecule has 0 bridgehead atoms. The van der Waals surface area contributed by atoms with E-state index in [0.29, 0.717) is 23.1 Å². The van der Waals surface area contributed by atoms with Crippen molar-refractivity contribution in [3.63, 3.8) is 0 Å². The third-order valence-electron chi connectivity index (χ3n) is 9.55. The van der Waals surface area contributed by atoms with Crippen LogP contribution in [-0.2, 0) is 20.1 Å². The van der Waals surface area contributed by atoms with Gasteiger partial charge >= 0.3 is 0 Å². The third kappa shape index (κ3) is 7.41. The van der Waals surface area contributed by atoms with E-state index in [1.165, 1.54) is 35.5 Å². The second-order valence-electron chi connectivity index (χ2n) is 13.9. The van der Waals surface area contributed by atoms with Gasteiger partial charge in [-0.05, 0) is 59.3 Å². The molecule has 55 heavy (non-hydrogen) atoms. The van der Waals surface area contributed by atoms with Gasteiger partial charge in [-0.1, -0.05) is 124 Å². The van der Waals surface area contributed by atoms with Gasteiger partial charge in [0.1, 0.15) is 5.58 Å². The summed E-state index contributed by atoms with van der Waals surface area (Å²) in [5.74, 6) is 1.40. The molecule has 275 valence electrons. The largest absolute Gasteiger partial charge is 0.501 e. The first-order valence-electron chi connectivity index (χ1n) is 21.1. The number of para-hydroxylation sites is 2. The molecule has 0 atom stereocenters. The molecule has 1 radical (unpaired) electrons. The van der Waals surface area contributed by atoms with Crippen LogP contribution >= 0.6 is 0 Å². The predicted molar refractivity (Wildman–Crippen MR) is 222 cm³/mol. The van der Waals surface area contributed by atoms with E-state index in [1.54, 1.807) is 12.1 Å². The van der Waals surface area contributed by atoms with E-state index < -0.39 is 13.7 Å². The summed E-state index contributed by atoms with van der Waals surface area (Å²) in [6.45, 7) is 4.65. The van der Waals surface area contributed by atoms with Gasteiger partial charge in [0, 0.05) is 51.2 Å². The maximum absolute atomic E-state index is 7.28. The zero-order valence-corrected chi connectivity index (χ0v) is 33.3. The Morgan fingerprint density at radius 2 is 1.40 bits per heavy atom. The van der Waals surface area contributed by atoms with Crippen LogP contribution in [0.15, 0.2) is 138 Å². The summed E-state index contributed by atoms with van der Waals surface area (Å²) < 4.78 is 52.4. The Labute approximate surface area is 344 Å². The van der Waals surface area contributed by atoms with Crippen LogP contribution < -0.4 is 0 Å². The Bertz CT molecular complexity index is 2870. The molecule has 0 amide bonds. The molecule has 0 saturated heterocycles. The molecule has 4 aromatic heterocycles. The molecule has 0 N–H and O–H groups in total. The number of pyridine rings is 2. The van der Waals surface area contributed by atoms with Gasteiger partial charge in [0.25, 0.3) is 0 Å². The molecule has 5 nitrogen and oxygen atoms in total. The Hall–Kier alpha value is -5.68. The summed E-state index contributed by atoms with van der Waals surface area (Å²) in [7, 11) is 0. The Balaban J connectivity index is 0.000000226. The summed E-state index contributed by atoms with van der Waals surface area (Å²) in [6, 6.07) is 47.2. The van der Waals surface area contributed by atoms with Crippen LogP contribution in [0, 0.1) is 25.8 Å². The molecule has 4 heterocycles. The van der Waals surface area contributed by atoms with E-state index >= 15 is 0 Å². The molecule has 0 aliphatic rings. The third-order valence-corrected chi connectivity index (χ3v) is 9.55. The van der Waals surface area contributed by atoms with Gasteiger partial charge in [-0.2, -0.15) is 0 Å². The molecule has 0 spiro atoms. The van der Waals surface area contributed by atoms with Crippen LogP contribution in [-0.4, -0.2) is 19.5 Å². The normalized spacial score (nSPS) is 13.3. The topological polar surface area (TPSA) is 56.7 Å². The molecule has 0 aliphatic heterocycles. The van der Waals surface area contributed by atoms with Gasteiger partial charge in [0.15, 0.2) is 5.65 Å². The first-order chi connectivity index (χ1) is 28.7. The van der Waals surface area contributed by atoms with E-state index in [-0.39, 0.29) is 31.2 Å². The monoisotopic (exact) mass is 901 g/mol. The van der Waals surface area contributed by atoms with Crippen molar-refractivity contribution in [2.45, 2.75) is 53.2 Å². The number of imidazole rings is 1. The average Bonchev–Trinajstić information content (AvgIpc) is 3.82. The molecule has 0 unspecified atom stereocenters. The standard InChI is InChI=1S/C36H30N3O.C13H12N.Ir/c1-22(2)25-15-10-16-26(23(3)4)33(25)39-35(29-18-11-17-28-27-14-8-9-19-32(27)40-34(28)29)38-31-21-20-30(37-36(31)39)24-12-6-5-7-13-24;1-10-3-6-12(7-4-10)13-8-5-11(2)9-14-13;/h5-17,19-23H,1-4H3;3-6,8-9H,1-2H3;/q2*-1;/i;1D3,2D3;. The second-order valence-corrected chi connectivity index (χ2v) is 13.9. The minimum atomic E-state index is -2.18. The van der Waals surface area contributed by atoms with Crippen molar-refractivity contribution in [1.29, 1.82) is 0 Å².